The third kappa shape index (κ3) is 6.78. The smallest absolute Gasteiger partial charge is 0.405 e. The average molecular weight is 574 g/mol. The van der Waals surface area contributed by atoms with Crippen LogP contribution in [0.4, 0.5) is 4.79 Å². The molecule has 216 valence electrons. The molecule has 13 heteroatoms. The molecule has 12 nitrogen and oxygen atoms in total. The fraction of sp³-hybridized carbons (Fsp3) is 0.444. The summed E-state index contributed by atoms with van der Waals surface area (Å²) in [5, 5.41) is 14.2. The van der Waals surface area contributed by atoms with E-state index in [2.05, 4.69) is 15.5 Å². The van der Waals surface area contributed by atoms with Crippen LogP contribution in [0.2, 0.25) is 0 Å². The number of hydrogen-bond donors (Lipinski definition) is 4. The second-order valence-corrected chi connectivity index (χ2v) is 12.1. The predicted molar refractivity (Wildman–Crippen MR) is 147 cm³/mol. The van der Waals surface area contributed by atoms with Crippen molar-refractivity contribution in [1.29, 1.82) is 0 Å². The molecule has 0 spiro atoms. The summed E-state index contributed by atoms with van der Waals surface area (Å²) < 4.78 is 32.8. The van der Waals surface area contributed by atoms with Crippen LogP contribution >= 0.6 is 0 Å². The third-order valence-electron chi connectivity index (χ3n) is 7.46. The van der Waals surface area contributed by atoms with Gasteiger partial charge in [0.15, 0.2) is 0 Å². The topological polar surface area (TPSA) is 171 Å². The molecule has 2 heterocycles. The summed E-state index contributed by atoms with van der Waals surface area (Å²) >= 11 is 0. The van der Waals surface area contributed by atoms with E-state index < -0.39 is 39.5 Å². The minimum atomic E-state index is -3.56. The molecular formula is C27H35N5O7S. The number of likely N-dealkylation sites (N-methyl/N-ethyl adjacent to an activating group) is 1. The molecule has 40 heavy (non-hydrogen) atoms. The molecule has 1 unspecified atom stereocenters. The van der Waals surface area contributed by atoms with Crippen molar-refractivity contribution in [1.82, 2.24) is 19.8 Å². The van der Waals surface area contributed by atoms with E-state index in [1.54, 1.807) is 36.4 Å². The van der Waals surface area contributed by atoms with Gasteiger partial charge < -0.3 is 31.1 Å². The molecule has 5 N–H and O–H groups in total. The van der Waals surface area contributed by atoms with E-state index in [0.29, 0.717) is 26.2 Å². The van der Waals surface area contributed by atoms with E-state index in [1.807, 2.05) is 19.2 Å². The highest BCUT2D eigenvalue weighted by Gasteiger charge is 2.42. The Morgan fingerprint density at radius 2 is 1.52 bits per heavy atom. The van der Waals surface area contributed by atoms with Crippen molar-refractivity contribution in [2.45, 2.75) is 35.7 Å². The Morgan fingerprint density at radius 3 is 2.05 bits per heavy atom. The van der Waals surface area contributed by atoms with Gasteiger partial charge in [-0.2, -0.15) is 4.31 Å². The summed E-state index contributed by atoms with van der Waals surface area (Å²) in [6, 6.07) is 12.9. The average Bonchev–Trinajstić information content (AvgIpc) is 2.93. The number of primary amides is 1. The maximum atomic E-state index is 13.1. The van der Waals surface area contributed by atoms with Crippen LogP contribution in [0.3, 0.4) is 0 Å². The van der Waals surface area contributed by atoms with Crippen molar-refractivity contribution in [3.63, 3.8) is 0 Å². The quantitative estimate of drug-likeness (QED) is 0.338. The number of rotatable bonds is 9. The summed E-state index contributed by atoms with van der Waals surface area (Å²) in [6.45, 7) is 2.72. The molecule has 1 atom stereocenters. The lowest BCUT2D eigenvalue weighted by atomic mass is 9.88. The van der Waals surface area contributed by atoms with Gasteiger partial charge >= 0.3 is 6.09 Å². The van der Waals surface area contributed by atoms with Crippen LogP contribution in [0.15, 0.2) is 53.4 Å². The molecule has 2 saturated heterocycles. The molecule has 2 aliphatic rings. The monoisotopic (exact) mass is 573 g/mol. The fourth-order valence-corrected chi connectivity index (χ4v) is 6.34. The second-order valence-electron chi connectivity index (χ2n) is 10.2. The Hall–Kier alpha value is -3.52. The number of nitrogens with zero attached hydrogens (tertiary/aromatic N) is 2. The highest BCUT2D eigenvalue weighted by Crippen LogP contribution is 2.25. The molecule has 0 radical (unpaired) electrons. The van der Waals surface area contributed by atoms with E-state index in [1.165, 1.54) is 4.31 Å². The molecule has 0 aliphatic carbocycles. The summed E-state index contributed by atoms with van der Waals surface area (Å²) in [6.07, 6.45) is -0.946. The lowest BCUT2D eigenvalue weighted by Crippen LogP contribution is -2.63. The number of benzene rings is 2. The van der Waals surface area contributed by atoms with E-state index in [0.717, 1.165) is 16.7 Å². The second kappa shape index (κ2) is 12.3. The number of carbonyl (C=O) groups excluding carboxylic acids is 2. The van der Waals surface area contributed by atoms with Gasteiger partial charge in [-0.3, -0.25) is 9.59 Å². The molecule has 0 aromatic heterocycles. The van der Waals surface area contributed by atoms with Gasteiger partial charge in [0.05, 0.1) is 4.90 Å². The zero-order valence-corrected chi connectivity index (χ0v) is 23.2. The van der Waals surface area contributed by atoms with Gasteiger partial charge in [0.25, 0.3) is 0 Å². The van der Waals surface area contributed by atoms with Gasteiger partial charge in [-0.25, -0.2) is 13.2 Å². The standard InChI is InChI=1S/C27H35N5O7S/c1-31-12-14-32(15-13-31)40(37,38)22-8-6-21(7-9-22)20-4-2-19(3-5-20)18-23(24(28)33)29-25(34)27(30-26(35)36)10-16-39-17-11-27/h2-9,23,30H,10-18H2,1H3,(H2,28,33)(H,29,34)(H,35,36). The molecule has 4 rings (SSSR count). The van der Waals surface area contributed by atoms with Crippen molar-refractivity contribution in [2.24, 2.45) is 5.73 Å². The third-order valence-corrected chi connectivity index (χ3v) is 9.37. The predicted octanol–water partition coefficient (Wildman–Crippen LogP) is 0.619. The number of amides is 3. The van der Waals surface area contributed by atoms with E-state index >= 15 is 0 Å². The summed E-state index contributed by atoms with van der Waals surface area (Å²) in [5.74, 6) is -1.36. The fourth-order valence-electron chi connectivity index (χ4n) is 4.92. The van der Waals surface area contributed by atoms with Crippen molar-refractivity contribution >= 4 is 27.9 Å². The van der Waals surface area contributed by atoms with Gasteiger partial charge in [0, 0.05) is 58.7 Å². The number of carboxylic acid groups (broad SMARTS) is 1. The van der Waals surface area contributed by atoms with Crippen LogP contribution in [-0.2, 0) is 30.8 Å². The molecule has 2 aromatic carbocycles. The van der Waals surface area contributed by atoms with Crippen LogP contribution in [-0.4, -0.2) is 98.7 Å². The molecule has 3 amide bonds. The Balaban J connectivity index is 1.42. The molecule has 2 aromatic rings. The summed E-state index contributed by atoms with van der Waals surface area (Å²) in [5.41, 5.74) is 6.57. The van der Waals surface area contributed by atoms with Crippen LogP contribution in [0.25, 0.3) is 11.1 Å². The SMILES string of the molecule is CN1CCN(S(=O)(=O)c2ccc(-c3ccc(CC(NC(=O)C4(NC(=O)O)CCOCC4)C(N)=O)cc3)cc2)CC1. The van der Waals surface area contributed by atoms with Crippen molar-refractivity contribution in [3.8, 4) is 11.1 Å². The van der Waals surface area contributed by atoms with Gasteiger partial charge in [-0.05, 0) is 35.9 Å². The van der Waals surface area contributed by atoms with Gasteiger partial charge in [-0.1, -0.05) is 36.4 Å². The normalized spacial score (nSPS) is 18.9. The Kier molecular flexibility index (Phi) is 9.08. The number of nitrogens with one attached hydrogen (secondary N) is 2. The maximum absolute atomic E-state index is 13.1. The first-order valence-corrected chi connectivity index (χ1v) is 14.5. The minimum absolute atomic E-state index is 0.114. The minimum Gasteiger partial charge on any atom is -0.465 e. The van der Waals surface area contributed by atoms with Crippen molar-refractivity contribution in [2.75, 3.05) is 46.4 Å². The number of ether oxygens (including phenoxy) is 1. The number of carbonyl (C=O) groups is 3. The number of sulfonamides is 1. The highest BCUT2D eigenvalue weighted by molar-refractivity contribution is 7.89. The van der Waals surface area contributed by atoms with Crippen molar-refractivity contribution < 1.29 is 32.6 Å². The zero-order valence-electron chi connectivity index (χ0n) is 22.3. The number of hydrogen-bond acceptors (Lipinski definition) is 7. The zero-order chi connectivity index (χ0) is 28.9. The Bertz CT molecular complexity index is 1320. The van der Waals surface area contributed by atoms with Crippen LogP contribution in [0.1, 0.15) is 18.4 Å². The first-order chi connectivity index (χ1) is 19.0. The summed E-state index contributed by atoms with van der Waals surface area (Å²) in [4.78, 5) is 38.9. The van der Waals surface area contributed by atoms with Crippen LogP contribution in [0, 0.1) is 0 Å². The van der Waals surface area contributed by atoms with Gasteiger partial charge in [-0.15, -0.1) is 0 Å². The lowest BCUT2D eigenvalue weighted by molar-refractivity contribution is -0.134. The Labute approximate surface area is 233 Å². The molecule has 2 aliphatic heterocycles. The first kappa shape index (κ1) is 29.5. The number of nitrogens with two attached hydrogens (primary N) is 1. The van der Waals surface area contributed by atoms with E-state index in [-0.39, 0.29) is 37.4 Å². The molecule has 0 bridgehead atoms. The largest absolute Gasteiger partial charge is 0.465 e. The Morgan fingerprint density at radius 1 is 0.975 bits per heavy atom. The highest BCUT2D eigenvalue weighted by atomic mass is 32.2. The van der Waals surface area contributed by atoms with Crippen LogP contribution < -0.4 is 16.4 Å². The molecule has 2 fully saturated rings. The van der Waals surface area contributed by atoms with Crippen LogP contribution in [0.5, 0.6) is 0 Å². The van der Waals surface area contributed by atoms with Gasteiger partial charge in [0.1, 0.15) is 11.6 Å². The molecular weight excluding hydrogens is 538 g/mol. The number of piperazine rings is 1. The maximum Gasteiger partial charge on any atom is 0.405 e. The molecule has 0 saturated carbocycles. The summed E-state index contributed by atoms with van der Waals surface area (Å²) in [7, 11) is -1.59. The van der Waals surface area contributed by atoms with E-state index in [4.69, 9.17) is 10.5 Å². The van der Waals surface area contributed by atoms with Gasteiger partial charge in [0.2, 0.25) is 21.8 Å². The lowest BCUT2D eigenvalue weighted by Gasteiger charge is -2.36. The first-order valence-electron chi connectivity index (χ1n) is 13.1. The van der Waals surface area contributed by atoms with Crippen molar-refractivity contribution in [3.05, 3.63) is 54.1 Å². The van der Waals surface area contributed by atoms with E-state index in [9.17, 15) is 27.9 Å².